The van der Waals surface area contributed by atoms with Crippen LogP contribution in [0.15, 0.2) is 0 Å². The molecule has 3 nitrogen and oxygen atoms in total. The number of carbonyl (C=O) groups is 1. The SMILES string of the molecule is CN1CCC2(CC1)NCCCC2=O.Cl. The average molecular weight is 219 g/mol. The first-order chi connectivity index (χ1) is 6.23. The third-order valence-electron chi connectivity index (χ3n) is 3.42. The van der Waals surface area contributed by atoms with Crippen LogP contribution in [0.5, 0.6) is 0 Å². The molecule has 2 aliphatic heterocycles. The Labute approximate surface area is 91.6 Å². The van der Waals surface area contributed by atoms with Crippen molar-refractivity contribution in [1.82, 2.24) is 10.2 Å². The summed E-state index contributed by atoms with van der Waals surface area (Å²) in [6.07, 6.45) is 3.82. The third-order valence-corrected chi connectivity index (χ3v) is 3.42. The number of rotatable bonds is 0. The van der Waals surface area contributed by atoms with Gasteiger partial charge in [-0.2, -0.15) is 0 Å². The largest absolute Gasteiger partial charge is 0.306 e. The molecule has 0 radical (unpaired) electrons. The lowest BCUT2D eigenvalue weighted by molar-refractivity contribution is -0.129. The van der Waals surface area contributed by atoms with Gasteiger partial charge in [0.05, 0.1) is 5.54 Å². The maximum Gasteiger partial charge on any atom is 0.153 e. The molecule has 2 saturated heterocycles. The quantitative estimate of drug-likeness (QED) is 0.654. The second-order valence-corrected chi connectivity index (χ2v) is 4.34. The van der Waals surface area contributed by atoms with Crippen molar-refractivity contribution < 1.29 is 4.79 Å². The van der Waals surface area contributed by atoms with Crippen molar-refractivity contribution in [1.29, 1.82) is 0 Å². The van der Waals surface area contributed by atoms with Gasteiger partial charge in [-0.3, -0.25) is 4.79 Å². The fourth-order valence-corrected chi connectivity index (χ4v) is 2.37. The van der Waals surface area contributed by atoms with Crippen molar-refractivity contribution >= 4 is 18.2 Å². The number of ketones is 1. The maximum atomic E-state index is 11.8. The average Bonchev–Trinajstić information content (AvgIpc) is 2.15. The van der Waals surface area contributed by atoms with E-state index in [0.717, 1.165) is 45.3 Å². The van der Waals surface area contributed by atoms with Crippen LogP contribution < -0.4 is 5.32 Å². The van der Waals surface area contributed by atoms with E-state index >= 15 is 0 Å². The van der Waals surface area contributed by atoms with Gasteiger partial charge in [0.1, 0.15) is 0 Å². The van der Waals surface area contributed by atoms with Gasteiger partial charge in [-0.15, -0.1) is 12.4 Å². The summed E-state index contributed by atoms with van der Waals surface area (Å²) in [5, 5.41) is 3.43. The molecule has 14 heavy (non-hydrogen) atoms. The molecule has 2 fully saturated rings. The number of hydrogen-bond donors (Lipinski definition) is 1. The molecular weight excluding hydrogens is 200 g/mol. The maximum absolute atomic E-state index is 11.8. The highest BCUT2D eigenvalue weighted by atomic mass is 35.5. The number of hydrogen-bond acceptors (Lipinski definition) is 3. The molecule has 0 bridgehead atoms. The van der Waals surface area contributed by atoms with E-state index in [1.54, 1.807) is 0 Å². The first-order valence-corrected chi connectivity index (χ1v) is 5.20. The van der Waals surface area contributed by atoms with E-state index in [-0.39, 0.29) is 17.9 Å². The normalized spacial score (nSPS) is 27.4. The highest BCUT2D eigenvalue weighted by molar-refractivity contribution is 5.89. The van der Waals surface area contributed by atoms with Crippen LogP contribution in [-0.4, -0.2) is 42.9 Å². The van der Waals surface area contributed by atoms with Gasteiger partial charge in [0.15, 0.2) is 5.78 Å². The van der Waals surface area contributed by atoms with E-state index in [1.807, 2.05) is 0 Å². The zero-order chi connectivity index (χ0) is 9.31. The number of halogens is 1. The highest BCUT2D eigenvalue weighted by Crippen LogP contribution is 2.26. The van der Waals surface area contributed by atoms with Gasteiger partial charge in [0, 0.05) is 19.5 Å². The molecule has 2 heterocycles. The van der Waals surface area contributed by atoms with E-state index in [0.29, 0.717) is 5.78 Å². The van der Waals surface area contributed by atoms with Crippen molar-refractivity contribution in [2.24, 2.45) is 0 Å². The topological polar surface area (TPSA) is 32.3 Å². The van der Waals surface area contributed by atoms with E-state index < -0.39 is 0 Å². The molecule has 0 aliphatic carbocycles. The lowest BCUT2D eigenvalue weighted by Crippen LogP contribution is -2.60. The molecule has 0 aromatic rings. The first-order valence-electron chi connectivity index (χ1n) is 5.20. The zero-order valence-electron chi connectivity index (χ0n) is 8.71. The number of nitrogens with one attached hydrogen (secondary N) is 1. The molecule has 0 unspecified atom stereocenters. The van der Waals surface area contributed by atoms with Crippen LogP contribution in [0.4, 0.5) is 0 Å². The summed E-state index contributed by atoms with van der Waals surface area (Å²) in [5.74, 6) is 0.451. The molecule has 2 rings (SSSR count). The van der Waals surface area contributed by atoms with Crippen LogP contribution in [0, 0.1) is 0 Å². The Morgan fingerprint density at radius 2 is 2.00 bits per heavy atom. The van der Waals surface area contributed by atoms with Crippen molar-refractivity contribution in [2.75, 3.05) is 26.7 Å². The molecule has 82 valence electrons. The van der Waals surface area contributed by atoms with Crippen LogP contribution in [0.2, 0.25) is 0 Å². The lowest BCUT2D eigenvalue weighted by Gasteiger charge is -2.42. The van der Waals surface area contributed by atoms with E-state index in [4.69, 9.17) is 0 Å². The molecule has 0 saturated carbocycles. The second kappa shape index (κ2) is 4.60. The minimum absolute atomic E-state index is 0. The van der Waals surface area contributed by atoms with E-state index in [2.05, 4.69) is 17.3 Å². The van der Waals surface area contributed by atoms with Crippen molar-refractivity contribution in [2.45, 2.75) is 31.2 Å². The van der Waals surface area contributed by atoms with Crippen molar-refractivity contribution in [3.8, 4) is 0 Å². The zero-order valence-corrected chi connectivity index (χ0v) is 9.53. The first kappa shape index (κ1) is 12.0. The standard InChI is InChI=1S/C10H18N2O.ClH/c1-12-7-4-10(5-8-12)9(13)3-2-6-11-10;/h11H,2-8H2,1H3;1H. The number of piperidine rings is 2. The second-order valence-electron chi connectivity index (χ2n) is 4.34. The number of carbonyl (C=O) groups excluding carboxylic acids is 1. The molecule has 4 heteroatoms. The van der Waals surface area contributed by atoms with Gasteiger partial charge < -0.3 is 10.2 Å². The number of likely N-dealkylation sites (tertiary alicyclic amines) is 1. The van der Waals surface area contributed by atoms with Crippen molar-refractivity contribution in [3.63, 3.8) is 0 Å². The fourth-order valence-electron chi connectivity index (χ4n) is 2.37. The Balaban J connectivity index is 0.000000980. The predicted molar refractivity (Wildman–Crippen MR) is 59.0 cm³/mol. The smallest absolute Gasteiger partial charge is 0.153 e. The Bertz CT molecular complexity index is 212. The predicted octanol–water partition coefficient (Wildman–Crippen LogP) is 0.825. The number of Topliss-reactive ketones (excluding diaryl/α,β-unsaturated/α-hetero) is 1. The van der Waals surface area contributed by atoms with Crippen LogP contribution in [0.3, 0.4) is 0 Å². The van der Waals surface area contributed by atoms with Gasteiger partial charge in [-0.05, 0) is 32.9 Å². The number of nitrogens with zero attached hydrogens (tertiary/aromatic N) is 1. The monoisotopic (exact) mass is 218 g/mol. The molecule has 0 aromatic carbocycles. The Morgan fingerprint density at radius 3 is 2.57 bits per heavy atom. The third kappa shape index (κ3) is 2.10. The summed E-state index contributed by atoms with van der Waals surface area (Å²) in [5.41, 5.74) is -0.134. The minimum atomic E-state index is -0.134. The lowest BCUT2D eigenvalue weighted by atomic mass is 9.79. The summed E-state index contributed by atoms with van der Waals surface area (Å²) in [6.45, 7) is 3.13. The van der Waals surface area contributed by atoms with Crippen LogP contribution in [0.1, 0.15) is 25.7 Å². The Morgan fingerprint density at radius 1 is 1.36 bits per heavy atom. The summed E-state index contributed by atoms with van der Waals surface area (Å²) in [7, 11) is 2.13. The Kier molecular flexibility index (Phi) is 3.93. The van der Waals surface area contributed by atoms with Gasteiger partial charge >= 0.3 is 0 Å². The molecule has 0 aromatic heterocycles. The summed E-state index contributed by atoms with van der Waals surface area (Å²) in [4.78, 5) is 14.1. The minimum Gasteiger partial charge on any atom is -0.306 e. The molecule has 1 spiro atoms. The van der Waals surface area contributed by atoms with Gasteiger partial charge in [-0.1, -0.05) is 0 Å². The fraction of sp³-hybridized carbons (Fsp3) is 0.900. The van der Waals surface area contributed by atoms with Crippen LogP contribution >= 0.6 is 12.4 Å². The van der Waals surface area contributed by atoms with Crippen LogP contribution in [-0.2, 0) is 4.79 Å². The molecule has 2 aliphatic rings. The Hall–Kier alpha value is -0.120. The van der Waals surface area contributed by atoms with Gasteiger partial charge in [0.25, 0.3) is 0 Å². The van der Waals surface area contributed by atoms with Gasteiger partial charge in [-0.25, -0.2) is 0 Å². The van der Waals surface area contributed by atoms with E-state index in [9.17, 15) is 4.79 Å². The summed E-state index contributed by atoms with van der Waals surface area (Å²) >= 11 is 0. The highest BCUT2D eigenvalue weighted by Gasteiger charge is 2.41. The summed E-state index contributed by atoms with van der Waals surface area (Å²) in [6, 6.07) is 0. The summed E-state index contributed by atoms with van der Waals surface area (Å²) < 4.78 is 0. The molecule has 0 amide bonds. The van der Waals surface area contributed by atoms with Gasteiger partial charge in [0.2, 0.25) is 0 Å². The van der Waals surface area contributed by atoms with Crippen molar-refractivity contribution in [3.05, 3.63) is 0 Å². The molecule has 1 N–H and O–H groups in total. The van der Waals surface area contributed by atoms with E-state index in [1.165, 1.54) is 0 Å². The van der Waals surface area contributed by atoms with Crippen LogP contribution in [0.25, 0.3) is 0 Å². The molecular formula is C10H19ClN2O. The molecule has 0 atom stereocenters.